The maximum Gasteiger partial charge on any atom is -0.00137 e. The summed E-state index contributed by atoms with van der Waals surface area (Å²) in [5, 5.41) is 3.29. The van der Waals surface area contributed by atoms with Gasteiger partial charge in [0.2, 0.25) is 0 Å². The highest BCUT2D eigenvalue weighted by Crippen LogP contribution is 2.21. The molecule has 0 bridgehead atoms. The van der Waals surface area contributed by atoms with Gasteiger partial charge in [0.05, 0.1) is 0 Å². The van der Waals surface area contributed by atoms with Crippen LogP contribution in [-0.2, 0) is 0 Å². The van der Waals surface area contributed by atoms with E-state index in [1.165, 1.54) is 45.4 Å². The third-order valence-corrected chi connectivity index (χ3v) is 3.38. The fourth-order valence-electron chi connectivity index (χ4n) is 2.20. The molecule has 0 saturated carbocycles. The summed E-state index contributed by atoms with van der Waals surface area (Å²) in [5.74, 6) is 0.917. The van der Waals surface area contributed by atoms with Gasteiger partial charge in [-0.3, -0.25) is 0 Å². The van der Waals surface area contributed by atoms with Crippen molar-refractivity contribution in [3.63, 3.8) is 0 Å². The number of nitrogens with zero attached hydrogens (tertiary/aromatic N) is 1. The summed E-state index contributed by atoms with van der Waals surface area (Å²) >= 11 is 0. The molecule has 0 atom stereocenters. The van der Waals surface area contributed by atoms with E-state index in [0.29, 0.717) is 5.41 Å². The number of hydrogen-bond acceptors (Lipinski definition) is 2. The number of halogens is 1. The van der Waals surface area contributed by atoms with Crippen molar-refractivity contribution < 1.29 is 0 Å². The molecule has 1 saturated heterocycles. The second-order valence-electron chi connectivity index (χ2n) is 6.15. The number of rotatable bonds is 4. The zero-order valence-electron chi connectivity index (χ0n) is 11.4. The molecule has 0 spiro atoms. The van der Waals surface area contributed by atoms with Gasteiger partial charge in [-0.25, -0.2) is 0 Å². The van der Waals surface area contributed by atoms with Crippen LogP contribution >= 0.6 is 12.4 Å². The summed E-state index contributed by atoms with van der Waals surface area (Å²) in [6.45, 7) is 12.1. The second-order valence-corrected chi connectivity index (χ2v) is 6.15. The van der Waals surface area contributed by atoms with E-state index in [1.54, 1.807) is 0 Å². The van der Waals surface area contributed by atoms with Gasteiger partial charge in [0.15, 0.2) is 0 Å². The Kier molecular flexibility index (Phi) is 7.62. The first-order chi connectivity index (χ1) is 7.01. The Bertz CT molecular complexity index is 169. The monoisotopic (exact) mass is 248 g/mol. The van der Waals surface area contributed by atoms with Gasteiger partial charge in [0.25, 0.3) is 0 Å². The van der Waals surface area contributed by atoms with Crippen molar-refractivity contribution in [3.8, 4) is 0 Å². The lowest BCUT2D eigenvalue weighted by atomic mass is 9.91. The Hall–Kier alpha value is 0.210. The fraction of sp³-hybridized carbons (Fsp3) is 1.00. The van der Waals surface area contributed by atoms with Crippen LogP contribution in [0.4, 0.5) is 0 Å². The third-order valence-electron chi connectivity index (χ3n) is 3.38. The molecule has 0 radical (unpaired) electrons. The van der Waals surface area contributed by atoms with Gasteiger partial charge in [-0.2, -0.15) is 0 Å². The number of hydrogen-bond donors (Lipinski definition) is 1. The molecular formula is C13H29ClN2. The highest BCUT2D eigenvalue weighted by molar-refractivity contribution is 5.85. The van der Waals surface area contributed by atoms with E-state index in [9.17, 15) is 0 Å². The van der Waals surface area contributed by atoms with Crippen molar-refractivity contribution in [2.24, 2.45) is 11.3 Å². The molecule has 1 N–H and O–H groups in total. The molecule has 0 amide bonds. The lowest BCUT2D eigenvalue weighted by Crippen LogP contribution is -2.38. The molecule has 0 unspecified atom stereocenters. The first kappa shape index (κ1) is 16.2. The molecule has 1 heterocycles. The summed E-state index contributed by atoms with van der Waals surface area (Å²) < 4.78 is 0. The topological polar surface area (TPSA) is 15.3 Å². The Balaban J connectivity index is 0.00000225. The highest BCUT2D eigenvalue weighted by atomic mass is 35.5. The van der Waals surface area contributed by atoms with Crippen LogP contribution in [0.3, 0.4) is 0 Å². The molecule has 1 aliphatic rings. The zero-order valence-corrected chi connectivity index (χ0v) is 12.2. The molecule has 0 aliphatic carbocycles. The van der Waals surface area contributed by atoms with Crippen molar-refractivity contribution >= 4 is 12.4 Å². The average Bonchev–Trinajstić information content (AvgIpc) is 2.16. The van der Waals surface area contributed by atoms with Crippen molar-refractivity contribution in [1.82, 2.24) is 10.2 Å². The summed E-state index contributed by atoms with van der Waals surface area (Å²) in [4.78, 5) is 2.64. The molecule has 0 aromatic rings. The van der Waals surface area contributed by atoms with Crippen molar-refractivity contribution in [2.45, 2.75) is 40.0 Å². The second kappa shape index (κ2) is 7.52. The number of nitrogens with one attached hydrogen (secondary N) is 1. The van der Waals surface area contributed by atoms with Gasteiger partial charge in [0, 0.05) is 0 Å². The zero-order chi connectivity index (χ0) is 11.3. The predicted octanol–water partition coefficient (Wildman–Crippen LogP) is 2.78. The minimum absolute atomic E-state index is 0. The Morgan fingerprint density at radius 2 is 1.75 bits per heavy atom. The molecular weight excluding hydrogens is 220 g/mol. The van der Waals surface area contributed by atoms with Gasteiger partial charge in [0.1, 0.15) is 0 Å². The molecule has 1 aliphatic heterocycles. The molecule has 3 heteroatoms. The molecule has 1 rings (SSSR count). The standard InChI is InChI=1S/C13H28N2.ClH/c1-13(2,3)7-10-15-8-5-12(6-9-15)11-14-4;/h12,14H,5-11H2,1-4H3;1H. The van der Waals surface area contributed by atoms with E-state index in [1.807, 2.05) is 0 Å². The van der Waals surface area contributed by atoms with Crippen LogP contribution in [0.2, 0.25) is 0 Å². The summed E-state index contributed by atoms with van der Waals surface area (Å²) in [5.41, 5.74) is 0.488. The molecule has 16 heavy (non-hydrogen) atoms. The van der Waals surface area contributed by atoms with Gasteiger partial charge in [-0.15, -0.1) is 12.4 Å². The van der Waals surface area contributed by atoms with E-state index in [4.69, 9.17) is 0 Å². The Morgan fingerprint density at radius 1 is 1.19 bits per heavy atom. The normalized spacial score (nSPS) is 19.5. The maximum absolute atomic E-state index is 3.29. The van der Waals surface area contributed by atoms with Crippen LogP contribution in [0, 0.1) is 11.3 Å². The van der Waals surface area contributed by atoms with Crippen LogP contribution in [0.15, 0.2) is 0 Å². The van der Waals surface area contributed by atoms with Crippen LogP contribution in [0.25, 0.3) is 0 Å². The number of likely N-dealkylation sites (tertiary alicyclic amines) is 1. The van der Waals surface area contributed by atoms with Crippen LogP contribution in [-0.4, -0.2) is 38.1 Å². The molecule has 1 fully saturated rings. The Morgan fingerprint density at radius 3 is 2.19 bits per heavy atom. The van der Waals surface area contributed by atoms with E-state index in [-0.39, 0.29) is 12.4 Å². The van der Waals surface area contributed by atoms with Crippen LogP contribution in [0.1, 0.15) is 40.0 Å². The molecule has 0 aromatic carbocycles. The predicted molar refractivity (Wildman–Crippen MR) is 74.4 cm³/mol. The van der Waals surface area contributed by atoms with Gasteiger partial charge in [-0.05, 0) is 63.8 Å². The Labute approximate surface area is 108 Å². The average molecular weight is 249 g/mol. The summed E-state index contributed by atoms with van der Waals surface area (Å²) in [6.07, 6.45) is 4.08. The third kappa shape index (κ3) is 6.72. The van der Waals surface area contributed by atoms with Crippen LogP contribution < -0.4 is 5.32 Å². The van der Waals surface area contributed by atoms with E-state index in [2.05, 4.69) is 38.0 Å². The first-order valence-electron chi connectivity index (χ1n) is 6.38. The molecule has 98 valence electrons. The maximum atomic E-state index is 3.29. The van der Waals surface area contributed by atoms with Gasteiger partial charge >= 0.3 is 0 Å². The quantitative estimate of drug-likeness (QED) is 0.823. The first-order valence-corrected chi connectivity index (χ1v) is 6.38. The lowest BCUT2D eigenvalue weighted by Gasteiger charge is -2.33. The van der Waals surface area contributed by atoms with E-state index in [0.717, 1.165) is 5.92 Å². The fourth-order valence-corrected chi connectivity index (χ4v) is 2.20. The molecule has 2 nitrogen and oxygen atoms in total. The van der Waals surface area contributed by atoms with Crippen molar-refractivity contribution in [1.29, 1.82) is 0 Å². The summed E-state index contributed by atoms with van der Waals surface area (Å²) in [6, 6.07) is 0. The van der Waals surface area contributed by atoms with Crippen LogP contribution in [0.5, 0.6) is 0 Å². The SMILES string of the molecule is CNCC1CCN(CCC(C)(C)C)CC1.Cl. The van der Waals surface area contributed by atoms with E-state index < -0.39 is 0 Å². The minimum Gasteiger partial charge on any atom is -0.319 e. The number of piperidine rings is 1. The van der Waals surface area contributed by atoms with Crippen molar-refractivity contribution in [2.75, 3.05) is 33.2 Å². The smallest absolute Gasteiger partial charge is 0.00137 e. The lowest BCUT2D eigenvalue weighted by molar-refractivity contribution is 0.163. The van der Waals surface area contributed by atoms with E-state index >= 15 is 0 Å². The van der Waals surface area contributed by atoms with Gasteiger partial charge in [-0.1, -0.05) is 20.8 Å². The largest absolute Gasteiger partial charge is 0.319 e. The summed E-state index contributed by atoms with van der Waals surface area (Å²) in [7, 11) is 2.06. The van der Waals surface area contributed by atoms with Crippen molar-refractivity contribution in [3.05, 3.63) is 0 Å². The molecule has 0 aromatic heterocycles. The van der Waals surface area contributed by atoms with Gasteiger partial charge < -0.3 is 10.2 Å². The minimum atomic E-state index is 0. The highest BCUT2D eigenvalue weighted by Gasteiger charge is 2.19.